The molecule has 0 spiro atoms. The van der Waals surface area contributed by atoms with Crippen molar-refractivity contribution in [1.82, 2.24) is 0 Å². The Bertz CT molecular complexity index is 580. The molecule has 1 aromatic rings. The van der Waals surface area contributed by atoms with E-state index in [1.807, 2.05) is 0 Å². The molecule has 0 heterocycles. The first-order chi connectivity index (χ1) is 7.74. The Kier molecular flexibility index (Phi) is 3.90. The molecule has 0 aliphatic carbocycles. The van der Waals surface area contributed by atoms with E-state index in [0.29, 0.717) is 0 Å². The van der Waals surface area contributed by atoms with Gasteiger partial charge in [0, 0.05) is 5.03 Å². The smallest absolute Gasteiger partial charge is 0.338 e. The molecule has 1 aromatic carbocycles. The molecule has 0 aromatic heterocycles. The van der Waals surface area contributed by atoms with Crippen molar-refractivity contribution in [3.8, 4) is 0 Å². The van der Waals surface area contributed by atoms with Crippen LogP contribution in [0.1, 0.15) is 10.4 Å². The molecule has 1 N–H and O–H groups in total. The molecule has 0 aliphatic heterocycles. The third kappa shape index (κ3) is 3.28. The molecule has 17 heavy (non-hydrogen) atoms. The van der Waals surface area contributed by atoms with Crippen LogP contribution < -0.4 is 0 Å². The van der Waals surface area contributed by atoms with Crippen molar-refractivity contribution in [2.75, 3.05) is 5.75 Å². The monoisotopic (exact) mass is 278 g/mol. The molecule has 1 rings (SSSR count). The highest BCUT2D eigenvalue weighted by Crippen LogP contribution is 2.18. The summed E-state index contributed by atoms with van der Waals surface area (Å²) < 4.78 is 36.4. The van der Waals surface area contributed by atoms with Crippen molar-refractivity contribution in [3.05, 3.63) is 41.2 Å². The zero-order chi connectivity index (χ0) is 13.2. The van der Waals surface area contributed by atoms with Gasteiger partial charge in [0.1, 0.15) is 5.82 Å². The number of carbonyl (C=O) groups is 1. The minimum absolute atomic E-state index is 0.105. The van der Waals surface area contributed by atoms with E-state index in [2.05, 4.69) is 6.58 Å². The van der Waals surface area contributed by atoms with E-state index >= 15 is 0 Å². The summed E-state index contributed by atoms with van der Waals surface area (Å²) in [6, 6.07) is 2.52. The summed E-state index contributed by atoms with van der Waals surface area (Å²) in [6.07, 6.45) is 0. The van der Waals surface area contributed by atoms with Gasteiger partial charge in [0.2, 0.25) is 0 Å². The summed E-state index contributed by atoms with van der Waals surface area (Å²) in [5, 5.41) is 8.55. The Hall–Kier alpha value is -1.40. The number of sulfone groups is 1. The van der Waals surface area contributed by atoms with Crippen LogP contribution in [0.15, 0.2) is 34.7 Å². The van der Waals surface area contributed by atoms with Crippen LogP contribution in [-0.4, -0.2) is 25.2 Å². The molecule has 0 bridgehead atoms. The van der Waals surface area contributed by atoms with Crippen LogP contribution in [0.25, 0.3) is 0 Å². The second-order valence-corrected chi connectivity index (χ2v) is 5.75. The largest absolute Gasteiger partial charge is 0.478 e. The fourth-order valence-corrected chi connectivity index (χ4v) is 2.73. The number of rotatable bonds is 4. The van der Waals surface area contributed by atoms with Crippen molar-refractivity contribution in [2.45, 2.75) is 4.90 Å². The van der Waals surface area contributed by atoms with Crippen LogP contribution in [0.2, 0.25) is 0 Å². The Labute approximate surface area is 102 Å². The van der Waals surface area contributed by atoms with Gasteiger partial charge in [-0.3, -0.25) is 0 Å². The Balaban J connectivity index is 3.30. The number of benzene rings is 1. The van der Waals surface area contributed by atoms with E-state index < -0.39 is 32.9 Å². The zero-order valence-corrected chi connectivity index (χ0v) is 10.1. The fourth-order valence-electron chi connectivity index (χ4n) is 1.15. The second kappa shape index (κ2) is 4.85. The summed E-state index contributed by atoms with van der Waals surface area (Å²) in [6.45, 7) is 3.24. The molecule has 0 unspecified atom stereocenters. The lowest BCUT2D eigenvalue weighted by molar-refractivity contribution is 0.0691. The summed E-state index contributed by atoms with van der Waals surface area (Å²) in [5.41, 5.74) is -0.703. The first-order valence-corrected chi connectivity index (χ1v) is 6.36. The van der Waals surface area contributed by atoms with Crippen LogP contribution in [0.4, 0.5) is 4.39 Å². The highest BCUT2D eigenvalue weighted by Gasteiger charge is 2.19. The topological polar surface area (TPSA) is 71.4 Å². The molecule has 0 saturated heterocycles. The van der Waals surface area contributed by atoms with Gasteiger partial charge in [-0.2, -0.15) is 0 Å². The molecule has 4 nitrogen and oxygen atoms in total. The summed E-state index contributed by atoms with van der Waals surface area (Å²) >= 11 is 5.38. The number of hydrogen-bond acceptors (Lipinski definition) is 3. The van der Waals surface area contributed by atoms with Crippen LogP contribution in [0.3, 0.4) is 0 Å². The van der Waals surface area contributed by atoms with E-state index in [9.17, 15) is 17.6 Å². The van der Waals surface area contributed by atoms with E-state index in [1.165, 1.54) is 0 Å². The molecule has 0 fully saturated rings. The summed E-state index contributed by atoms with van der Waals surface area (Å²) in [5.74, 6) is -3.07. The van der Waals surface area contributed by atoms with Crippen LogP contribution in [0, 0.1) is 5.82 Å². The van der Waals surface area contributed by atoms with Crippen molar-refractivity contribution in [1.29, 1.82) is 0 Å². The van der Waals surface area contributed by atoms with Gasteiger partial charge in [-0.25, -0.2) is 17.6 Å². The van der Waals surface area contributed by atoms with Crippen LogP contribution >= 0.6 is 11.6 Å². The fraction of sp³-hybridized carbons (Fsp3) is 0.100. The lowest BCUT2D eigenvalue weighted by Crippen LogP contribution is -2.09. The van der Waals surface area contributed by atoms with E-state index in [1.54, 1.807) is 0 Å². The van der Waals surface area contributed by atoms with E-state index in [0.717, 1.165) is 18.2 Å². The van der Waals surface area contributed by atoms with Gasteiger partial charge in [0.05, 0.1) is 16.2 Å². The average molecular weight is 279 g/mol. The van der Waals surface area contributed by atoms with Crippen LogP contribution in [-0.2, 0) is 9.84 Å². The quantitative estimate of drug-likeness (QED) is 0.856. The predicted molar refractivity (Wildman–Crippen MR) is 60.4 cm³/mol. The molecule has 0 aliphatic rings. The minimum Gasteiger partial charge on any atom is -0.478 e. The SMILES string of the molecule is C=C(Cl)CS(=O)(=O)c1ccc(F)c(C(=O)O)c1. The Morgan fingerprint density at radius 3 is 2.53 bits per heavy atom. The maximum atomic E-state index is 13.1. The first-order valence-electron chi connectivity index (χ1n) is 4.33. The summed E-state index contributed by atoms with van der Waals surface area (Å²) in [4.78, 5) is 10.3. The molecule has 0 radical (unpaired) electrons. The number of carboxylic acids is 1. The molecule has 0 atom stereocenters. The molecule has 7 heteroatoms. The van der Waals surface area contributed by atoms with Gasteiger partial charge < -0.3 is 5.11 Å². The second-order valence-electron chi connectivity index (χ2n) is 3.22. The molecular formula is C10H8ClFO4S. The third-order valence-corrected chi connectivity index (χ3v) is 3.87. The average Bonchev–Trinajstić information content (AvgIpc) is 2.15. The maximum absolute atomic E-state index is 13.1. The van der Waals surface area contributed by atoms with Crippen molar-refractivity contribution < 1.29 is 22.7 Å². The minimum atomic E-state index is -3.79. The lowest BCUT2D eigenvalue weighted by atomic mass is 10.2. The summed E-state index contributed by atoms with van der Waals surface area (Å²) in [7, 11) is -3.79. The van der Waals surface area contributed by atoms with Gasteiger partial charge in [0.25, 0.3) is 0 Å². The first kappa shape index (κ1) is 13.7. The van der Waals surface area contributed by atoms with E-state index in [4.69, 9.17) is 16.7 Å². The highest BCUT2D eigenvalue weighted by molar-refractivity contribution is 7.91. The van der Waals surface area contributed by atoms with Gasteiger partial charge in [-0.05, 0) is 18.2 Å². The predicted octanol–water partition coefficient (Wildman–Crippen LogP) is 2.05. The Morgan fingerprint density at radius 1 is 1.47 bits per heavy atom. The van der Waals surface area contributed by atoms with Gasteiger partial charge in [0.15, 0.2) is 9.84 Å². The van der Waals surface area contributed by atoms with Crippen molar-refractivity contribution in [3.63, 3.8) is 0 Å². The lowest BCUT2D eigenvalue weighted by Gasteiger charge is -2.05. The maximum Gasteiger partial charge on any atom is 0.338 e. The van der Waals surface area contributed by atoms with Gasteiger partial charge >= 0.3 is 5.97 Å². The molecule has 0 saturated carbocycles. The third-order valence-electron chi connectivity index (χ3n) is 1.87. The Morgan fingerprint density at radius 2 is 2.06 bits per heavy atom. The van der Waals surface area contributed by atoms with Crippen molar-refractivity contribution in [2.24, 2.45) is 0 Å². The molecule has 0 amide bonds. The van der Waals surface area contributed by atoms with Gasteiger partial charge in [-0.1, -0.05) is 18.2 Å². The van der Waals surface area contributed by atoms with Gasteiger partial charge in [-0.15, -0.1) is 0 Å². The van der Waals surface area contributed by atoms with Crippen LogP contribution in [0.5, 0.6) is 0 Å². The highest BCUT2D eigenvalue weighted by atomic mass is 35.5. The molecular weight excluding hydrogens is 271 g/mol. The standard InChI is InChI=1S/C10H8ClFO4S/c1-6(11)5-17(15,16)7-2-3-9(12)8(4-7)10(13)14/h2-4H,1,5H2,(H,13,14). The number of hydrogen-bond donors (Lipinski definition) is 1. The normalized spacial score (nSPS) is 11.2. The number of halogens is 2. The number of aromatic carboxylic acids is 1. The van der Waals surface area contributed by atoms with E-state index in [-0.39, 0.29) is 9.93 Å². The number of carboxylic acid groups (broad SMARTS) is 1. The molecule has 92 valence electrons. The zero-order valence-electron chi connectivity index (χ0n) is 8.48. The van der Waals surface area contributed by atoms with Crippen molar-refractivity contribution >= 4 is 27.4 Å².